The molecule has 0 radical (unpaired) electrons. The van der Waals surface area contributed by atoms with Crippen LogP contribution in [-0.4, -0.2) is 26.1 Å². The van der Waals surface area contributed by atoms with E-state index in [1.807, 2.05) is 6.08 Å². The predicted molar refractivity (Wildman–Crippen MR) is 150 cm³/mol. The predicted octanol–water partition coefficient (Wildman–Crippen LogP) is 7.46. The average molecular weight is 731 g/mol. The van der Waals surface area contributed by atoms with Crippen LogP contribution in [0, 0.1) is 0 Å². The number of hydrogen-bond donors (Lipinski definition) is 4. The number of Topliss-reactive ketones (excluding diaryl/α,β-unsaturated/α-hetero) is 1. The third-order valence-corrected chi connectivity index (χ3v) is 7.81. The molecule has 0 atom stereocenters. The Morgan fingerprint density at radius 1 is 0.824 bits per heavy atom. The summed E-state index contributed by atoms with van der Waals surface area (Å²) >= 11 is 18.8. The Morgan fingerprint density at radius 2 is 1.41 bits per heavy atom. The standard InChI is InChI=1S/C24H13Br4NO4S/c25-13-5-10(1-3-18(13)30)6-17-20(11-2-4-19(31)14(26)7-11)21(24(34)29-17)22(32)12-8-15(27)23(33)16(28)9-12/h1-9,30-31,33H,(H,29,34)/b17-6-. The molecule has 0 bridgehead atoms. The number of benzene rings is 3. The number of hydrogen-bond acceptors (Lipinski definition) is 5. The fourth-order valence-corrected chi connectivity index (χ4v) is 5.67. The number of allylic oxidation sites excluding steroid dienone is 1. The van der Waals surface area contributed by atoms with Crippen LogP contribution >= 0.6 is 75.9 Å². The lowest BCUT2D eigenvalue weighted by molar-refractivity contribution is 0.104. The van der Waals surface area contributed by atoms with Crippen molar-refractivity contribution < 1.29 is 20.1 Å². The zero-order valence-corrected chi connectivity index (χ0v) is 24.0. The first-order chi connectivity index (χ1) is 16.1. The SMILES string of the molecule is O=C(C1=C(c2ccc(O)c(Br)c2)/C(=C/c2ccc(O)c(Br)c2)NC1=S)c1cc(Br)c(O)c(Br)c1. The Morgan fingerprint density at radius 3 is 2.00 bits per heavy atom. The Hall–Kier alpha value is -1.98. The summed E-state index contributed by atoms with van der Waals surface area (Å²) in [5, 5.41) is 33.0. The van der Waals surface area contributed by atoms with Gasteiger partial charge in [-0.3, -0.25) is 4.79 Å². The van der Waals surface area contributed by atoms with E-state index in [0.29, 0.717) is 40.3 Å². The van der Waals surface area contributed by atoms with E-state index in [1.165, 1.54) is 18.2 Å². The number of nitrogens with one attached hydrogen (secondary N) is 1. The molecule has 0 aromatic heterocycles. The minimum atomic E-state index is -0.339. The number of halogens is 4. The summed E-state index contributed by atoms with van der Waals surface area (Å²) in [4.78, 5) is 13.9. The number of aromatic hydroxyl groups is 3. The van der Waals surface area contributed by atoms with E-state index < -0.39 is 0 Å². The van der Waals surface area contributed by atoms with E-state index in [4.69, 9.17) is 12.2 Å². The van der Waals surface area contributed by atoms with Gasteiger partial charge in [0.05, 0.1) is 23.5 Å². The maximum Gasteiger partial charge on any atom is 0.196 e. The number of phenols is 3. The van der Waals surface area contributed by atoms with Gasteiger partial charge in [-0.2, -0.15) is 0 Å². The first-order valence-corrected chi connectivity index (χ1v) is 13.1. The van der Waals surface area contributed by atoms with Gasteiger partial charge in [0.25, 0.3) is 0 Å². The molecule has 4 N–H and O–H groups in total. The fourth-order valence-electron chi connectivity index (χ4n) is 3.40. The molecule has 5 nitrogen and oxygen atoms in total. The molecule has 0 saturated carbocycles. The minimum absolute atomic E-state index is 0.0150. The highest BCUT2D eigenvalue weighted by Gasteiger charge is 2.32. The third kappa shape index (κ3) is 4.87. The van der Waals surface area contributed by atoms with Gasteiger partial charge in [0.1, 0.15) is 22.2 Å². The molecule has 10 heteroatoms. The second-order valence-corrected chi connectivity index (χ2v) is 11.1. The lowest BCUT2D eigenvalue weighted by Crippen LogP contribution is -2.18. The van der Waals surface area contributed by atoms with Crippen molar-refractivity contribution in [1.82, 2.24) is 5.32 Å². The van der Waals surface area contributed by atoms with Crippen molar-refractivity contribution in [3.8, 4) is 17.2 Å². The highest BCUT2D eigenvalue weighted by atomic mass is 79.9. The molecule has 3 aromatic rings. The molecule has 172 valence electrons. The van der Waals surface area contributed by atoms with Gasteiger partial charge in [0.15, 0.2) is 5.78 Å². The second kappa shape index (κ2) is 9.94. The van der Waals surface area contributed by atoms with Crippen molar-refractivity contribution >= 4 is 98.4 Å². The van der Waals surface area contributed by atoms with E-state index in [-0.39, 0.29) is 33.6 Å². The molecule has 0 fully saturated rings. The molecule has 0 unspecified atom stereocenters. The van der Waals surface area contributed by atoms with Crippen LogP contribution in [0.2, 0.25) is 0 Å². The number of carbonyl (C=O) groups excluding carboxylic acids is 1. The van der Waals surface area contributed by atoms with Gasteiger partial charge in [-0.05, 0) is 117 Å². The first kappa shape index (κ1) is 25.1. The zero-order chi connectivity index (χ0) is 24.7. The molecule has 0 amide bonds. The summed E-state index contributed by atoms with van der Waals surface area (Å²) in [6.07, 6.45) is 1.82. The molecule has 3 aromatic carbocycles. The summed E-state index contributed by atoms with van der Waals surface area (Å²) in [6, 6.07) is 13.0. The van der Waals surface area contributed by atoms with Crippen molar-refractivity contribution in [3.05, 3.63) is 94.4 Å². The van der Waals surface area contributed by atoms with Crippen LogP contribution in [0.25, 0.3) is 11.6 Å². The Bertz CT molecular complexity index is 1430. The van der Waals surface area contributed by atoms with Crippen LogP contribution in [-0.2, 0) is 0 Å². The van der Waals surface area contributed by atoms with Crippen LogP contribution in [0.15, 0.2) is 77.7 Å². The fraction of sp³-hybridized carbons (Fsp3) is 0. The smallest absolute Gasteiger partial charge is 0.196 e. The molecule has 0 spiro atoms. The molecule has 34 heavy (non-hydrogen) atoms. The normalized spacial score (nSPS) is 14.6. The first-order valence-electron chi connectivity index (χ1n) is 9.54. The number of phenolic OH excluding ortho intramolecular Hbond substituents is 3. The van der Waals surface area contributed by atoms with Crippen molar-refractivity contribution in [2.24, 2.45) is 0 Å². The Kier molecular flexibility index (Phi) is 7.35. The summed E-state index contributed by atoms with van der Waals surface area (Å²) < 4.78 is 1.71. The molecular weight excluding hydrogens is 718 g/mol. The Balaban J connectivity index is 1.95. The van der Waals surface area contributed by atoms with Crippen molar-refractivity contribution in [2.75, 3.05) is 0 Å². The number of carbonyl (C=O) groups is 1. The number of thiocarbonyl (C=S) groups is 1. The van der Waals surface area contributed by atoms with Crippen molar-refractivity contribution in [2.45, 2.75) is 0 Å². The van der Waals surface area contributed by atoms with Gasteiger partial charge < -0.3 is 20.6 Å². The molecule has 1 aliphatic heterocycles. The van der Waals surface area contributed by atoms with Gasteiger partial charge in [0.2, 0.25) is 0 Å². The van der Waals surface area contributed by atoms with Gasteiger partial charge in [-0.15, -0.1) is 0 Å². The van der Waals surface area contributed by atoms with Crippen LogP contribution < -0.4 is 5.32 Å². The molecule has 1 heterocycles. The van der Waals surface area contributed by atoms with E-state index >= 15 is 0 Å². The monoisotopic (exact) mass is 727 g/mol. The third-order valence-electron chi connectivity index (χ3n) is 5.02. The molecular formula is C24H13Br4NO4S. The summed E-state index contributed by atoms with van der Waals surface area (Å²) in [6.45, 7) is 0. The van der Waals surface area contributed by atoms with E-state index in [9.17, 15) is 20.1 Å². The zero-order valence-electron chi connectivity index (χ0n) is 16.9. The van der Waals surface area contributed by atoms with Gasteiger partial charge in [-0.1, -0.05) is 24.4 Å². The van der Waals surface area contributed by atoms with E-state index in [2.05, 4.69) is 69.0 Å². The Labute approximate surface area is 233 Å². The topological polar surface area (TPSA) is 89.8 Å². The molecule has 1 aliphatic rings. The quantitative estimate of drug-likeness (QED) is 0.165. The van der Waals surface area contributed by atoms with Crippen LogP contribution in [0.4, 0.5) is 0 Å². The molecule has 0 aliphatic carbocycles. The summed E-state index contributed by atoms with van der Waals surface area (Å²) in [7, 11) is 0. The van der Waals surface area contributed by atoms with E-state index in [1.54, 1.807) is 30.3 Å². The largest absolute Gasteiger partial charge is 0.507 e. The molecule has 4 rings (SSSR count). The number of ketones is 1. The summed E-state index contributed by atoms with van der Waals surface area (Å²) in [5.74, 6) is -0.188. The highest BCUT2D eigenvalue weighted by molar-refractivity contribution is 9.11. The maximum absolute atomic E-state index is 13.7. The number of rotatable bonds is 4. The van der Waals surface area contributed by atoms with Crippen LogP contribution in [0.3, 0.4) is 0 Å². The van der Waals surface area contributed by atoms with Gasteiger partial charge in [0, 0.05) is 16.8 Å². The highest BCUT2D eigenvalue weighted by Crippen LogP contribution is 2.39. The lowest BCUT2D eigenvalue weighted by Gasteiger charge is -2.10. The van der Waals surface area contributed by atoms with Crippen LogP contribution in [0.5, 0.6) is 17.2 Å². The summed E-state index contributed by atoms with van der Waals surface area (Å²) in [5.41, 5.74) is 3.15. The average Bonchev–Trinajstić information content (AvgIpc) is 3.11. The van der Waals surface area contributed by atoms with Crippen LogP contribution in [0.1, 0.15) is 21.5 Å². The van der Waals surface area contributed by atoms with E-state index in [0.717, 1.165) is 5.56 Å². The van der Waals surface area contributed by atoms with Gasteiger partial charge in [-0.25, -0.2) is 0 Å². The second-order valence-electron chi connectivity index (χ2n) is 7.26. The van der Waals surface area contributed by atoms with Crippen molar-refractivity contribution in [1.29, 1.82) is 0 Å². The molecule has 0 saturated heterocycles. The maximum atomic E-state index is 13.7. The van der Waals surface area contributed by atoms with Gasteiger partial charge >= 0.3 is 0 Å². The lowest BCUT2D eigenvalue weighted by atomic mass is 9.94. The minimum Gasteiger partial charge on any atom is -0.507 e. The van der Waals surface area contributed by atoms with Crippen molar-refractivity contribution in [3.63, 3.8) is 0 Å².